The summed E-state index contributed by atoms with van der Waals surface area (Å²) >= 11 is 0. The van der Waals surface area contributed by atoms with E-state index in [2.05, 4.69) is 5.16 Å². The summed E-state index contributed by atoms with van der Waals surface area (Å²) in [7, 11) is 0. The van der Waals surface area contributed by atoms with E-state index in [0.717, 1.165) is 5.56 Å². The summed E-state index contributed by atoms with van der Waals surface area (Å²) in [5.74, 6) is -0.203. The Kier molecular flexibility index (Phi) is 4.71. The van der Waals surface area contributed by atoms with Gasteiger partial charge in [-0.3, -0.25) is 4.79 Å². The highest BCUT2D eigenvalue weighted by Crippen LogP contribution is 2.21. The largest absolute Gasteiger partial charge is 0.492 e. The molecule has 0 saturated carbocycles. The van der Waals surface area contributed by atoms with Crippen molar-refractivity contribution in [3.8, 4) is 5.75 Å². The molecule has 0 heterocycles. The summed E-state index contributed by atoms with van der Waals surface area (Å²) in [6.45, 7) is 5.51. The highest BCUT2D eigenvalue weighted by molar-refractivity contribution is 6.00. The summed E-state index contributed by atoms with van der Waals surface area (Å²) < 4.78 is 5.55. The molecule has 0 spiro atoms. The highest BCUT2D eigenvalue weighted by atomic mass is 16.5. The molecule has 1 aromatic carbocycles. The van der Waals surface area contributed by atoms with E-state index in [1.807, 2.05) is 19.1 Å². The molecule has 0 aliphatic carbocycles. The minimum absolute atomic E-state index is 0.199. The number of amides is 1. The van der Waals surface area contributed by atoms with Crippen molar-refractivity contribution in [2.24, 2.45) is 16.8 Å². The van der Waals surface area contributed by atoms with Gasteiger partial charge in [0, 0.05) is 5.56 Å². The lowest BCUT2D eigenvalue weighted by Gasteiger charge is -2.13. The normalized spacial score (nSPS) is 13.2. The van der Waals surface area contributed by atoms with Crippen molar-refractivity contribution in [2.45, 2.75) is 20.8 Å². The number of carbonyl (C=O) groups is 1. The van der Waals surface area contributed by atoms with Crippen molar-refractivity contribution in [3.63, 3.8) is 0 Å². The standard InChI is InChI=1S/C13H18N2O3/c1-8-4-5-12(11(6-8)10(3)15-17)18-7-9(2)13(14)16/h4-6,9,17H,7H2,1-3H3,(H2,14,16)/b15-10+. The molecular formula is C13H18N2O3. The van der Waals surface area contributed by atoms with E-state index in [9.17, 15) is 4.79 Å². The average Bonchev–Trinajstić information content (AvgIpc) is 2.35. The van der Waals surface area contributed by atoms with E-state index in [1.54, 1.807) is 19.9 Å². The Labute approximate surface area is 106 Å². The molecule has 1 rings (SSSR count). The maximum absolute atomic E-state index is 10.9. The number of ether oxygens (including phenoxy) is 1. The zero-order valence-electron chi connectivity index (χ0n) is 10.8. The summed E-state index contributed by atoms with van der Waals surface area (Å²) in [6, 6.07) is 5.53. The predicted molar refractivity (Wildman–Crippen MR) is 69.0 cm³/mol. The number of carbonyl (C=O) groups excluding carboxylic acids is 1. The number of nitrogens with zero attached hydrogens (tertiary/aromatic N) is 1. The molecule has 0 aliphatic rings. The lowest BCUT2D eigenvalue weighted by Crippen LogP contribution is -2.26. The molecule has 5 nitrogen and oxygen atoms in total. The van der Waals surface area contributed by atoms with Crippen LogP contribution in [-0.4, -0.2) is 23.4 Å². The number of hydrogen-bond donors (Lipinski definition) is 2. The van der Waals surface area contributed by atoms with E-state index in [4.69, 9.17) is 15.7 Å². The SMILES string of the molecule is C/C(=N\O)c1cc(C)ccc1OCC(C)C(N)=O. The first-order chi connectivity index (χ1) is 8.45. The second kappa shape index (κ2) is 6.05. The Bertz CT molecular complexity index is 469. The van der Waals surface area contributed by atoms with Crippen LogP contribution in [0.4, 0.5) is 0 Å². The Balaban J connectivity index is 2.92. The average molecular weight is 250 g/mol. The van der Waals surface area contributed by atoms with Gasteiger partial charge in [0.2, 0.25) is 5.91 Å². The molecule has 1 unspecified atom stereocenters. The van der Waals surface area contributed by atoms with Crippen LogP contribution < -0.4 is 10.5 Å². The zero-order valence-corrected chi connectivity index (χ0v) is 10.8. The van der Waals surface area contributed by atoms with Gasteiger partial charge in [0.15, 0.2) is 0 Å². The van der Waals surface area contributed by atoms with Crippen molar-refractivity contribution in [2.75, 3.05) is 6.61 Å². The first kappa shape index (κ1) is 14.0. The highest BCUT2D eigenvalue weighted by Gasteiger charge is 2.12. The minimum Gasteiger partial charge on any atom is -0.492 e. The second-order valence-corrected chi connectivity index (χ2v) is 4.30. The number of benzene rings is 1. The van der Waals surface area contributed by atoms with Gasteiger partial charge in [-0.2, -0.15) is 0 Å². The molecule has 18 heavy (non-hydrogen) atoms. The molecule has 1 atom stereocenters. The van der Waals surface area contributed by atoms with Gasteiger partial charge in [-0.25, -0.2) is 0 Å². The van der Waals surface area contributed by atoms with Crippen molar-refractivity contribution in [3.05, 3.63) is 29.3 Å². The van der Waals surface area contributed by atoms with Gasteiger partial charge in [-0.1, -0.05) is 23.7 Å². The summed E-state index contributed by atoms with van der Waals surface area (Å²) in [5, 5.41) is 12.0. The quantitative estimate of drug-likeness (QED) is 0.474. The minimum atomic E-state index is -0.406. The monoisotopic (exact) mass is 250 g/mol. The van der Waals surface area contributed by atoms with Crippen LogP contribution >= 0.6 is 0 Å². The van der Waals surface area contributed by atoms with Crippen LogP contribution in [0, 0.1) is 12.8 Å². The molecule has 1 amide bonds. The van der Waals surface area contributed by atoms with Gasteiger partial charge in [-0.15, -0.1) is 0 Å². The number of hydrogen-bond acceptors (Lipinski definition) is 4. The predicted octanol–water partition coefficient (Wildman–Crippen LogP) is 1.69. The van der Waals surface area contributed by atoms with Crippen LogP contribution in [0.25, 0.3) is 0 Å². The summed E-state index contributed by atoms with van der Waals surface area (Å²) in [4.78, 5) is 10.9. The first-order valence-corrected chi connectivity index (χ1v) is 5.67. The molecule has 0 fully saturated rings. The number of primary amides is 1. The van der Waals surface area contributed by atoms with Crippen molar-refractivity contribution < 1.29 is 14.7 Å². The topological polar surface area (TPSA) is 84.9 Å². The molecule has 98 valence electrons. The first-order valence-electron chi connectivity index (χ1n) is 5.67. The maximum atomic E-state index is 10.9. The van der Waals surface area contributed by atoms with Gasteiger partial charge in [0.25, 0.3) is 0 Å². The molecule has 0 aromatic heterocycles. The van der Waals surface area contributed by atoms with Crippen LogP contribution in [0.5, 0.6) is 5.75 Å². The van der Waals surface area contributed by atoms with Crippen molar-refractivity contribution in [1.82, 2.24) is 0 Å². The van der Waals surface area contributed by atoms with E-state index in [0.29, 0.717) is 17.0 Å². The number of oxime groups is 1. The third-order valence-corrected chi connectivity index (χ3v) is 2.65. The number of nitrogens with two attached hydrogens (primary N) is 1. The Hall–Kier alpha value is -2.04. The number of aryl methyl sites for hydroxylation is 1. The van der Waals surface area contributed by atoms with E-state index in [-0.39, 0.29) is 12.5 Å². The number of rotatable bonds is 5. The molecule has 0 bridgehead atoms. The second-order valence-electron chi connectivity index (χ2n) is 4.30. The maximum Gasteiger partial charge on any atom is 0.223 e. The third-order valence-electron chi connectivity index (χ3n) is 2.65. The van der Waals surface area contributed by atoms with Crippen LogP contribution in [0.2, 0.25) is 0 Å². The van der Waals surface area contributed by atoms with Gasteiger partial charge in [0.05, 0.1) is 18.2 Å². The molecule has 5 heteroatoms. The van der Waals surface area contributed by atoms with Crippen LogP contribution in [0.3, 0.4) is 0 Å². The Morgan fingerprint density at radius 2 is 2.22 bits per heavy atom. The molecule has 3 N–H and O–H groups in total. The molecule has 0 saturated heterocycles. The molecular weight excluding hydrogens is 232 g/mol. The van der Waals surface area contributed by atoms with E-state index < -0.39 is 5.91 Å². The lowest BCUT2D eigenvalue weighted by molar-refractivity contribution is -0.122. The van der Waals surface area contributed by atoms with Crippen LogP contribution in [0.15, 0.2) is 23.4 Å². The molecule has 1 aromatic rings. The fraction of sp³-hybridized carbons (Fsp3) is 0.385. The van der Waals surface area contributed by atoms with Crippen molar-refractivity contribution in [1.29, 1.82) is 0 Å². The van der Waals surface area contributed by atoms with E-state index >= 15 is 0 Å². The van der Waals surface area contributed by atoms with Gasteiger partial charge < -0.3 is 15.7 Å². The fourth-order valence-electron chi connectivity index (χ4n) is 1.40. The molecule has 0 aliphatic heterocycles. The summed E-state index contributed by atoms with van der Waals surface area (Å²) in [6.07, 6.45) is 0. The summed E-state index contributed by atoms with van der Waals surface area (Å²) in [5.41, 5.74) is 7.36. The smallest absolute Gasteiger partial charge is 0.223 e. The third kappa shape index (κ3) is 3.48. The van der Waals surface area contributed by atoms with E-state index in [1.165, 1.54) is 0 Å². The van der Waals surface area contributed by atoms with Gasteiger partial charge >= 0.3 is 0 Å². The van der Waals surface area contributed by atoms with Crippen molar-refractivity contribution >= 4 is 11.6 Å². The van der Waals surface area contributed by atoms with Gasteiger partial charge in [-0.05, 0) is 26.0 Å². The lowest BCUT2D eigenvalue weighted by atomic mass is 10.1. The Morgan fingerprint density at radius 1 is 1.56 bits per heavy atom. The fourth-order valence-corrected chi connectivity index (χ4v) is 1.40. The van der Waals surface area contributed by atoms with Crippen LogP contribution in [-0.2, 0) is 4.79 Å². The van der Waals surface area contributed by atoms with Gasteiger partial charge in [0.1, 0.15) is 5.75 Å². The van der Waals surface area contributed by atoms with Crippen LogP contribution in [0.1, 0.15) is 25.0 Å². The molecule has 0 radical (unpaired) electrons. The Morgan fingerprint density at radius 3 is 2.78 bits per heavy atom. The zero-order chi connectivity index (χ0) is 13.7.